The molecule has 0 spiro atoms. The van der Waals surface area contributed by atoms with Crippen molar-refractivity contribution in [2.24, 2.45) is 5.73 Å². The smallest absolute Gasteiger partial charge is 0.244 e. The summed E-state index contributed by atoms with van der Waals surface area (Å²) < 4.78 is 1.13. The number of likely N-dealkylation sites (N-methyl/N-ethyl adjacent to an activating group) is 1. The molecule has 0 radical (unpaired) electrons. The number of nitrogens with zero attached hydrogens (tertiary/aromatic N) is 1. The van der Waals surface area contributed by atoms with E-state index in [0.29, 0.717) is 12.8 Å². The van der Waals surface area contributed by atoms with Gasteiger partial charge in [0.1, 0.15) is 6.04 Å². The van der Waals surface area contributed by atoms with Gasteiger partial charge in [-0.05, 0) is 29.3 Å². The van der Waals surface area contributed by atoms with E-state index in [2.05, 4.69) is 10.6 Å². The lowest BCUT2D eigenvalue weighted by Gasteiger charge is -2.28. The first-order chi connectivity index (χ1) is 12.0. The van der Waals surface area contributed by atoms with Crippen LogP contribution in [0.5, 0.6) is 0 Å². The predicted octanol–water partition coefficient (Wildman–Crippen LogP) is 0.438. The van der Waals surface area contributed by atoms with E-state index in [4.69, 9.17) is 5.73 Å². The molecule has 0 saturated carbocycles. The number of nitrogens with one attached hydrogen (secondary N) is 2. The summed E-state index contributed by atoms with van der Waals surface area (Å²) >= 11 is 1.60. The molecule has 134 valence electrons. The number of nitrogens with two attached hydrogens (primary N) is 1. The van der Waals surface area contributed by atoms with E-state index in [1.165, 1.54) is 4.90 Å². The molecule has 0 aliphatic heterocycles. The molecule has 25 heavy (non-hydrogen) atoms. The van der Waals surface area contributed by atoms with Crippen LogP contribution in [0.25, 0.3) is 10.1 Å². The first kappa shape index (κ1) is 18.9. The monoisotopic (exact) mass is 362 g/mol. The lowest BCUT2D eigenvalue weighted by Crippen LogP contribution is -2.53. The summed E-state index contributed by atoms with van der Waals surface area (Å²) in [5.41, 5.74) is 6.67. The molecule has 2 atom stereocenters. The van der Waals surface area contributed by atoms with E-state index in [1.807, 2.05) is 29.6 Å². The second-order valence-electron chi connectivity index (χ2n) is 5.75. The molecule has 4 N–H and O–H groups in total. The largest absolute Gasteiger partial charge is 0.341 e. The van der Waals surface area contributed by atoms with Crippen molar-refractivity contribution in [3.63, 3.8) is 0 Å². The Hall–Kier alpha value is -2.45. The van der Waals surface area contributed by atoms with Crippen molar-refractivity contribution in [3.05, 3.63) is 35.2 Å². The maximum Gasteiger partial charge on any atom is 0.244 e. The molecule has 7 nitrogen and oxygen atoms in total. The molecule has 1 heterocycles. The zero-order valence-electron chi connectivity index (χ0n) is 14.2. The Morgan fingerprint density at radius 3 is 2.76 bits per heavy atom. The fraction of sp³-hybridized carbons (Fsp3) is 0.353. The lowest BCUT2D eigenvalue weighted by atomic mass is 10.0. The third-order valence-corrected chi connectivity index (χ3v) is 4.94. The van der Waals surface area contributed by atoms with Crippen molar-refractivity contribution in [1.29, 1.82) is 0 Å². The lowest BCUT2D eigenvalue weighted by molar-refractivity contribution is -0.139. The number of carbonyl (C=O) groups is 3. The van der Waals surface area contributed by atoms with Crippen molar-refractivity contribution >= 4 is 39.6 Å². The molecular weight excluding hydrogens is 340 g/mol. The van der Waals surface area contributed by atoms with Gasteiger partial charge in [0.2, 0.25) is 18.2 Å². The molecular formula is C17H22N4O3S. The van der Waals surface area contributed by atoms with E-state index in [0.717, 1.165) is 15.6 Å². The number of fused-ring (bicyclic) bond motifs is 1. The third-order valence-electron chi connectivity index (χ3n) is 3.93. The second kappa shape index (κ2) is 8.59. The van der Waals surface area contributed by atoms with Gasteiger partial charge in [-0.1, -0.05) is 18.2 Å². The zero-order chi connectivity index (χ0) is 18.4. The molecule has 1 aromatic heterocycles. The highest BCUT2D eigenvalue weighted by molar-refractivity contribution is 7.17. The minimum Gasteiger partial charge on any atom is -0.341 e. The summed E-state index contributed by atoms with van der Waals surface area (Å²) in [6.07, 6.45) is 0.865. The van der Waals surface area contributed by atoms with Crippen molar-refractivity contribution in [2.45, 2.75) is 25.4 Å². The van der Waals surface area contributed by atoms with Crippen molar-refractivity contribution in [3.8, 4) is 0 Å². The summed E-state index contributed by atoms with van der Waals surface area (Å²) in [7, 11) is 1.57. The minimum atomic E-state index is -0.718. The van der Waals surface area contributed by atoms with E-state index >= 15 is 0 Å². The molecule has 3 amide bonds. The summed E-state index contributed by atoms with van der Waals surface area (Å²) in [6.45, 7) is 1.59. The quantitative estimate of drug-likeness (QED) is 0.360. The van der Waals surface area contributed by atoms with E-state index in [1.54, 1.807) is 25.3 Å². The average Bonchev–Trinajstić information content (AvgIpc) is 3.01. The van der Waals surface area contributed by atoms with Gasteiger partial charge in [0.15, 0.2) is 0 Å². The van der Waals surface area contributed by atoms with Gasteiger partial charge in [0.25, 0.3) is 0 Å². The maximum atomic E-state index is 12.6. The SMILES string of the molecule is CC(N)C(=O)N(C)[C@H](Cc1csc2ccccc12)C(=O)NCNC=O. The normalized spacial score (nSPS) is 13.1. The summed E-state index contributed by atoms with van der Waals surface area (Å²) in [5.74, 6) is -0.663. The number of hydrogen-bond acceptors (Lipinski definition) is 5. The summed E-state index contributed by atoms with van der Waals surface area (Å²) in [6, 6.07) is 6.50. The Balaban J connectivity index is 2.25. The third kappa shape index (κ3) is 4.55. The minimum absolute atomic E-state index is 0.00340. The number of amides is 3. The summed E-state index contributed by atoms with van der Waals surface area (Å²) in [5, 5.41) is 8.05. The first-order valence-corrected chi connectivity index (χ1v) is 8.75. The molecule has 2 aromatic rings. The highest BCUT2D eigenvalue weighted by Gasteiger charge is 2.29. The van der Waals surface area contributed by atoms with Gasteiger partial charge in [0, 0.05) is 18.2 Å². The molecule has 0 aliphatic rings. The molecule has 1 aromatic carbocycles. The van der Waals surface area contributed by atoms with Gasteiger partial charge in [-0.3, -0.25) is 14.4 Å². The maximum absolute atomic E-state index is 12.6. The Kier molecular flexibility index (Phi) is 6.49. The van der Waals surface area contributed by atoms with Crippen LogP contribution in [0, 0.1) is 0 Å². The molecule has 0 bridgehead atoms. The van der Waals surface area contributed by atoms with Crippen LogP contribution in [0.15, 0.2) is 29.6 Å². The molecule has 0 saturated heterocycles. The molecule has 0 aliphatic carbocycles. The first-order valence-electron chi connectivity index (χ1n) is 7.87. The topological polar surface area (TPSA) is 105 Å². The number of rotatable bonds is 8. The van der Waals surface area contributed by atoms with Gasteiger partial charge >= 0.3 is 0 Å². The van der Waals surface area contributed by atoms with Crippen molar-refractivity contribution < 1.29 is 14.4 Å². The van der Waals surface area contributed by atoms with Crippen LogP contribution in [0.1, 0.15) is 12.5 Å². The van der Waals surface area contributed by atoms with Crippen LogP contribution in [0.2, 0.25) is 0 Å². The Bertz CT molecular complexity index is 759. The standard InChI is InChI=1S/C17H22N4O3S/c1-11(18)17(24)21(2)14(16(23)20-9-19-10-22)7-12-8-25-15-6-4-3-5-13(12)15/h3-6,8,10-11,14H,7,9,18H2,1-2H3,(H,19,22)(H,20,23)/t11?,14-/m1/s1. The zero-order valence-corrected chi connectivity index (χ0v) is 15.0. The Morgan fingerprint density at radius 1 is 1.36 bits per heavy atom. The molecule has 2 rings (SSSR count). The number of thiophene rings is 1. The molecule has 1 unspecified atom stereocenters. The van der Waals surface area contributed by atoms with Crippen LogP contribution in [0.3, 0.4) is 0 Å². The fourth-order valence-electron chi connectivity index (χ4n) is 2.58. The van der Waals surface area contributed by atoms with Crippen LogP contribution in [-0.4, -0.2) is 48.9 Å². The van der Waals surface area contributed by atoms with Crippen LogP contribution in [0.4, 0.5) is 0 Å². The van der Waals surface area contributed by atoms with E-state index < -0.39 is 12.1 Å². The average molecular weight is 362 g/mol. The van der Waals surface area contributed by atoms with Crippen LogP contribution >= 0.6 is 11.3 Å². The second-order valence-corrected chi connectivity index (χ2v) is 6.67. The van der Waals surface area contributed by atoms with Crippen molar-refractivity contribution in [2.75, 3.05) is 13.7 Å². The summed E-state index contributed by atoms with van der Waals surface area (Å²) in [4.78, 5) is 36.5. The van der Waals surface area contributed by atoms with Gasteiger partial charge in [-0.2, -0.15) is 0 Å². The number of benzene rings is 1. The Labute approximate surface area is 150 Å². The Morgan fingerprint density at radius 2 is 2.08 bits per heavy atom. The predicted molar refractivity (Wildman–Crippen MR) is 97.9 cm³/mol. The van der Waals surface area contributed by atoms with E-state index in [-0.39, 0.29) is 18.5 Å². The molecule has 0 fully saturated rings. The van der Waals surface area contributed by atoms with Gasteiger partial charge in [-0.15, -0.1) is 11.3 Å². The van der Waals surface area contributed by atoms with Crippen molar-refractivity contribution in [1.82, 2.24) is 15.5 Å². The highest BCUT2D eigenvalue weighted by Crippen LogP contribution is 2.27. The number of hydrogen-bond donors (Lipinski definition) is 3. The highest BCUT2D eigenvalue weighted by atomic mass is 32.1. The van der Waals surface area contributed by atoms with E-state index in [9.17, 15) is 14.4 Å². The van der Waals surface area contributed by atoms with Gasteiger partial charge in [0.05, 0.1) is 12.7 Å². The van der Waals surface area contributed by atoms with Gasteiger partial charge < -0.3 is 21.3 Å². The van der Waals surface area contributed by atoms with Crippen LogP contribution in [-0.2, 0) is 20.8 Å². The molecule has 8 heteroatoms. The number of carbonyl (C=O) groups excluding carboxylic acids is 3. The van der Waals surface area contributed by atoms with Crippen LogP contribution < -0.4 is 16.4 Å². The fourth-order valence-corrected chi connectivity index (χ4v) is 3.55. The van der Waals surface area contributed by atoms with Gasteiger partial charge in [-0.25, -0.2) is 0 Å².